The van der Waals surface area contributed by atoms with E-state index < -0.39 is 0 Å². The predicted octanol–water partition coefficient (Wildman–Crippen LogP) is 1.07. The van der Waals surface area contributed by atoms with E-state index in [0.29, 0.717) is 6.42 Å². The van der Waals surface area contributed by atoms with Gasteiger partial charge >= 0.3 is 0 Å². The van der Waals surface area contributed by atoms with E-state index in [1.807, 2.05) is 6.92 Å². The lowest BCUT2D eigenvalue weighted by atomic mass is 10.3. The average Bonchev–Trinajstić information content (AvgIpc) is 2.16. The molecule has 0 unspecified atom stereocenters. The van der Waals surface area contributed by atoms with Crippen LogP contribution in [-0.4, -0.2) is 18.7 Å². The fourth-order valence-corrected chi connectivity index (χ4v) is 0.246. The Kier molecular flexibility index (Phi) is 10.6. The highest BCUT2D eigenvalue weighted by Gasteiger charge is 1.82. The zero-order valence-corrected chi connectivity index (χ0v) is 7.59. The molecule has 0 aromatic heterocycles. The molecule has 0 saturated heterocycles. The topological polar surface area (TPSA) is 46.2 Å². The Morgan fingerprint density at radius 2 is 1.83 bits per heavy atom. The highest BCUT2D eigenvalue weighted by molar-refractivity contribution is 5.88. The van der Waals surface area contributed by atoms with Gasteiger partial charge in [-0.15, -0.1) is 0 Å². The van der Waals surface area contributed by atoms with Crippen LogP contribution >= 0.6 is 0 Å². The summed E-state index contributed by atoms with van der Waals surface area (Å²) in [5.74, 6) is -0.0370. The van der Waals surface area contributed by atoms with E-state index in [4.69, 9.17) is 0 Å². The van der Waals surface area contributed by atoms with Crippen LogP contribution in [-0.2, 0) is 9.59 Å². The molecule has 0 atom stereocenters. The van der Waals surface area contributed by atoms with Crippen LogP contribution in [0.4, 0.5) is 0 Å². The van der Waals surface area contributed by atoms with Crippen molar-refractivity contribution in [3.05, 3.63) is 25.3 Å². The minimum atomic E-state index is -0.144. The van der Waals surface area contributed by atoms with E-state index in [1.165, 1.54) is 12.2 Å². The summed E-state index contributed by atoms with van der Waals surface area (Å²) in [5.41, 5.74) is 0. The first kappa shape index (κ1) is 13.2. The second kappa shape index (κ2) is 9.62. The number of amides is 1. The Morgan fingerprint density at radius 3 is 1.83 bits per heavy atom. The number of hydrogen-bond donors (Lipinski definition) is 1. The van der Waals surface area contributed by atoms with Gasteiger partial charge in [0.15, 0.2) is 5.78 Å². The van der Waals surface area contributed by atoms with E-state index in [0.717, 1.165) is 0 Å². The number of nitrogens with one attached hydrogen (secondary N) is 1. The predicted molar refractivity (Wildman–Crippen MR) is 49.8 cm³/mol. The Morgan fingerprint density at radius 1 is 1.33 bits per heavy atom. The third-order valence-corrected chi connectivity index (χ3v) is 1.01. The summed E-state index contributed by atoms with van der Waals surface area (Å²) in [7, 11) is 1.56. The van der Waals surface area contributed by atoms with Gasteiger partial charge in [0.25, 0.3) is 0 Å². The maximum atomic E-state index is 10.1. The lowest BCUT2D eigenvalue weighted by Crippen LogP contribution is -2.13. The van der Waals surface area contributed by atoms with Gasteiger partial charge in [0.05, 0.1) is 0 Å². The Hall–Kier alpha value is -1.38. The van der Waals surface area contributed by atoms with Gasteiger partial charge in [0.2, 0.25) is 5.91 Å². The quantitative estimate of drug-likeness (QED) is 0.642. The molecule has 1 N–H and O–H groups in total. The van der Waals surface area contributed by atoms with Crippen molar-refractivity contribution in [2.24, 2.45) is 0 Å². The SMILES string of the molecule is C=CC(=O)CC.C=CC(=O)NC. The van der Waals surface area contributed by atoms with Crippen molar-refractivity contribution in [2.75, 3.05) is 7.05 Å². The number of carbonyl (C=O) groups is 2. The van der Waals surface area contributed by atoms with Gasteiger partial charge in [-0.1, -0.05) is 20.1 Å². The van der Waals surface area contributed by atoms with Crippen molar-refractivity contribution in [3.8, 4) is 0 Å². The van der Waals surface area contributed by atoms with Crippen LogP contribution in [0.3, 0.4) is 0 Å². The molecule has 0 aliphatic rings. The van der Waals surface area contributed by atoms with Crippen LogP contribution < -0.4 is 5.32 Å². The van der Waals surface area contributed by atoms with Gasteiger partial charge in [0, 0.05) is 13.5 Å². The molecule has 0 spiro atoms. The molecule has 3 nitrogen and oxygen atoms in total. The molecule has 0 heterocycles. The molecule has 0 radical (unpaired) electrons. The molecule has 0 aromatic carbocycles. The maximum Gasteiger partial charge on any atom is 0.243 e. The smallest absolute Gasteiger partial charge is 0.243 e. The van der Waals surface area contributed by atoms with Crippen molar-refractivity contribution in [2.45, 2.75) is 13.3 Å². The minimum absolute atomic E-state index is 0.106. The van der Waals surface area contributed by atoms with Crippen molar-refractivity contribution >= 4 is 11.7 Å². The standard InChI is InChI=1S/C5H8O.C4H7NO/c1-3-5(6)4-2;1-3-4(6)5-2/h3H,1,4H2,2H3;3H,1H2,2H3,(H,5,6). The first-order chi connectivity index (χ1) is 5.62. The van der Waals surface area contributed by atoms with E-state index in [1.54, 1.807) is 7.05 Å². The number of allylic oxidation sites excluding steroid dienone is 1. The van der Waals surface area contributed by atoms with Crippen molar-refractivity contribution in [1.82, 2.24) is 5.32 Å². The second-order valence-corrected chi connectivity index (χ2v) is 1.84. The highest BCUT2D eigenvalue weighted by Crippen LogP contribution is 1.76. The number of carbonyl (C=O) groups excluding carboxylic acids is 2. The fourth-order valence-electron chi connectivity index (χ4n) is 0.246. The zero-order chi connectivity index (χ0) is 9.98. The Balaban J connectivity index is 0. The van der Waals surface area contributed by atoms with Gasteiger partial charge in [0.1, 0.15) is 0 Å². The normalized spacial score (nSPS) is 7.17. The van der Waals surface area contributed by atoms with E-state index >= 15 is 0 Å². The first-order valence-electron chi connectivity index (χ1n) is 3.61. The van der Waals surface area contributed by atoms with Crippen LogP contribution in [0.2, 0.25) is 0 Å². The van der Waals surface area contributed by atoms with Crippen LogP contribution in [0.1, 0.15) is 13.3 Å². The molecule has 1 amide bonds. The average molecular weight is 169 g/mol. The van der Waals surface area contributed by atoms with Crippen LogP contribution in [0.25, 0.3) is 0 Å². The highest BCUT2D eigenvalue weighted by atomic mass is 16.1. The van der Waals surface area contributed by atoms with E-state index in [-0.39, 0.29) is 11.7 Å². The van der Waals surface area contributed by atoms with Crippen molar-refractivity contribution < 1.29 is 9.59 Å². The molecule has 68 valence electrons. The van der Waals surface area contributed by atoms with Crippen LogP contribution in [0, 0.1) is 0 Å². The number of ketones is 1. The summed E-state index contributed by atoms with van der Waals surface area (Å²) in [6.45, 7) is 8.31. The Labute approximate surface area is 73.2 Å². The van der Waals surface area contributed by atoms with Gasteiger partial charge < -0.3 is 5.32 Å². The van der Waals surface area contributed by atoms with Crippen molar-refractivity contribution in [1.29, 1.82) is 0 Å². The molecule has 0 aliphatic heterocycles. The number of hydrogen-bond acceptors (Lipinski definition) is 2. The Bertz CT molecular complexity index is 153. The second-order valence-electron chi connectivity index (χ2n) is 1.84. The van der Waals surface area contributed by atoms with Crippen LogP contribution in [0.5, 0.6) is 0 Å². The molecular weight excluding hydrogens is 154 g/mol. The van der Waals surface area contributed by atoms with Crippen LogP contribution in [0.15, 0.2) is 25.3 Å². The van der Waals surface area contributed by atoms with Gasteiger partial charge in [-0.3, -0.25) is 9.59 Å². The molecule has 0 fully saturated rings. The number of rotatable bonds is 3. The zero-order valence-electron chi connectivity index (χ0n) is 7.59. The summed E-state index contributed by atoms with van der Waals surface area (Å²) >= 11 is 0. The lowest BCUT2D eigenvalue weighted by Gasteiger charge is -1.82. The molecule has 0 aromatic rings. The van der Waals surface area contributed by atoms with Gasteiger partial charge in [-0.2, -0.15) is 0 Å². The summed E-state index contributed by atoms with van der Waals surface area (Å²) in [6, 6.07) is 0. The third-order valence-electron chi connectivity index (χ3n) is 1.01. The molecule has 3 heteroatoms. The molecule has 0 bridgehead atoms. The molecule has 0 saturated carbocycles. The summed E-state index contributed by atoms with van der Waals surface area (Å²) < 4.78 is 0. The summed E-state index contributed by atoms with van der Waals surface area (Å²) in [4.78, 5) is 20.0. The maximum absolute atomic E-state index is 10.1. The molecule has 0 aliphatic carbocycles. The summed E-state index contributed by atoms with van der Waals surface area (Å²) in [5, 5.41) is 2.36. The van der Waals surface area contributed by atoms with Gasteiger partial charge in [-0.25, -0.2) is 0 Å². The molecular formula is C9H15NO2. The van der Waals surface area contributed by atoms with E-state index in [9.17, 15) is 9.59 Å². The largest absolute Gasteiger partial charge is 0.356 e. The summed E-state index contributed by atoms with van der Waals surface area (Å²) in [6.07, 6.45) is 3.13. The van der Waals surface area contributed by atoms with Crippen molar-refractivity contribution in [3.63, 3.8) is 0 Å². The fraction of sp³-hybridized carbons (Fsp3) is 0.333. The minimum Gasteiger partial charge on any atom is -0.356 e. The lowest BCUT2D eigenvalue weighted by molar-refractivity contribution is -0.116. The van der Waals surface area contributed by atoms with Gasteiger partial charge in [-0.05, 0) is 12.2 Å². The molecule has 0 rings (SSSR count). The van der Waals surface area contributed by atoms with E-state index in [2.05, 4.69) is 18.5 Å². The molecule has 12 heavy (non-hydrogen) atoms. The third kappa shape index (κ3) is 11.4. The first-order valence-corrected chi connectivity index (χ1v) is 3.61. The monoisotopic (exact) mass is 169 g/mol. The number of likely N-dealkylation sites (N-methyl/N-ethyl adjacent to an activating group) is 1.